The van der Waals surface area contributed by atoms with Crippen LogP contribution in [0.25, 0.3) is 21.9 Å². The van der Waals surface area contributed by atoms with Crippen molar-refractivity contribution in [3.8, 4) is 11.1 Å². The highest BCUT2D eigenvalue weighted by atomic mass is 19.1. The van der Waals surface area contributed by atoms with Gasteiger partial charge >= 0.3 is 0 Å². The molecule has 24 heavy (non-hydrogen) atoms. The maximum absolute atomic E-state index is 13.3. The minimum absolute atomic E-state index is 0.227. The zero-order valence-corrected chi connectivity index (χ0v) is 13.5. The Morgan fingerprint density at radius 3 is 2.79 bits per heavy atom. The van der Waals surface area contributed by atoms with Crippen LogP contribution < -0.4 is 10.2 Å². The Labute approximate surface area is 140 Å². The van der Waals surface area contributed by atoms with Crippen LogP contribution in [0.3, 0.4) is 0 Å². The van der Waals surface area contributed by atoms with Crippen molar-refractivity contribution in [2.24, 2.45) is 0 Å². The summed E-state index contributed by atoms with van der Waals surface area (Å²) in [5.74, 6) is 0.677. The zero-order valence-electron chi connectivity index (χ0n) is 13.5. The Morgan fingerprint density at radius 1 is 1.17 bits per heavy atom. The van der Waals surface area contributed by atoms with Crippen molar-refractivity contribution >= 4 is 16.6 Å². The zero-order chi connectivity index (χ0) is 16.5. The second-order valence-electron chi connectivity index (χ2n) is 6.19. The molecular formula is C19H19FN4. The van der Waals surface area contributed by atoms with Crippen molar-refractivity contribution < 1.29 is 4.39 Å². The molecule has 4 rings (SSSR count). The molecule has 1 aliphatic rings. The fourth-order valence-electron chi connectivity index (χ4n) is 3.35. The molecule has 0 radical (unpaired) electrons. The number of halogens is 1. The van der Waals surface area contributed by atoms with Gasteiger partial charge in [0.25, 0.3) is 0 Å². The molecule has 0 spiro atoms. The number of nitrogens with one attached hydrogen (secondary N) is 1. The predicted octanol–water partition coefficient (Wildman–Crippen LogP) is 3.23. The van der Waals surface area contributed by atoms with E-state index in [1.165, 1.54) is 12.1 Å². The van der Waals surface area contributed by atoms with Crippen molar-refractivity contribution in [1.82, 2.24) is 15.5 Å². The molecule has 2 heterocycles. The number of hydrogen-bond donors (Lipinski definition) is 1. The van der Waals surface area contributed by atoms with Crippen LogP contribution in [0.1, 0.15) is 6.92 Å². The smallest absolute Gasteiger partial charge is 0.160 e. The summed E-state index contributed by atoms with van der Waals surface area (Å²) in [4.78, 5) is 2.30. The average Bonchev–Trinajstić information content (AvgIpc) is 2.62. The van der Waals surface area contributed by atoms with Crippen LogP contribution in [0.4, 0.5) is 10.2 Å². The van der Waals surface area contributed by atoms with Crippen molar-refractivity contribution in [1.29, 1.82) is 0 Å². The monoisotopic (exact) mass is 322 g/mol. The summed E-state index contributed by atoms with van der Waals surface area (Å²) in [5.41, 5.74) is 2.04. The van der Waals surface area contributed by atoms with Crippen LogP contribution in [0.2, 0.25) is 0 Å². The Bertz CT molecular complexity index is 858. The van der Waals surface area contributed by atoms with Gasteiger partial charge in [0, 0.05) is 36.4 Å². The highest BCUT2D eigenvalue weighted by Gasteiger charge is 2.23. The quantitative estimate of drug-likeness (QED) is 0.786. The molecular weight excluding hydrogens is 303 g/mol. The number of piperazine rings is 1. The van der Waals surface area contributed by atoms with Gasteiger partial charge in [-0.05, 0) is 30.2 Å². The van der Waals surface area contributed by atoms with E-state index in [9.17, 15) is 4.39 Å². The molecule has 0 saturated carbocycles. The summed E-state index contributed by atoms with van der Waals surface area (Å²) in [5, 5.41) is 14.2. The largest absolute Gasteiger partial charge is 0.349 e. The first-order chi connectivity index (χ1) is 11.7. The van der Waals surface area contributed by atoms with Gasteiger partial charge in [-0.2, -0.15) is 5.10 Å². The van der Waals surface area contributed by atoms with Gasteiger partial charge in [-0.3, -0.25) is 0 Å². The van der Waals surface area contributed by atoms with Gasteiger partial charge in [-0.1, -0.05) is 30.3 Å². The number of anilines is 1. The van der Waals surface area contributed by atoms with Gasteiger partial charge in [0.15, 0.2) is 5.82 Å². The number of fused-ring (bicyclic) bond motifs is 1. The highest BCUT2D eigenvalue weighted by molar-refractivity contribution is 6.03. The fraction of sp³-hybridized carbons (Fsp3) is 0.263. The lowest BCUT2D eigenvalue weighted by Gasteiger charge is -2.35. The number of nitrogens with zero attached hydrogens (tertiary/aromatic N) is 3. The van der Waals surface area contributed by atoms with E-state index < -0.39 is 0 Å². The first-order valence-corrected chi connectivity index (χ1v) is 8.22. The van der Waals surface area contributed by atoms with E-state index in [4.69, 9.17) is 0 Å². The maximum atomic E-state index is 13.3. The molecule has 1 unspecified atom stereocenters. The molecule has 1 N–H and O–H groups in total. The van der Waals surface area contributed by atoms with Gasteiger partial charge in [0.2, 0.25) is 0 Å². The van der Waals surface area contributed by atoms with E-state index in [1.54, 1.807) is 6.20 Å². The van der Waals surface area contributed by atoms with Crippen molar-refractivity contribution in [3.05, 3.63) is 54.5 Å². The van der Waals surface area contributed by atoms with Crippen molar-refractivity contribution in [2.45, 2.75) is 13.0 Å². The van der Waals surface area contributed by atoms with E-state index in [0.717, 1.165) is 47.4 Å². The molecule has 1 saturated heterocycles. The molecule has 1 aliphatic heterocycles. The number of benzene rings is 2. The average molecular weight is 322 g/mol. The Balaban J connectivity index is 1.93. The standard InChI is InChI=1S/C19H19FN4/c1-13-11-21-9-10-24(13)19-18-15(12-22-23-19)3-2-4-17(18)14-5-7-16(20)8-6-14/h2-8,12-13,21H,9-11H2,1H3. The van der Waals surface area contributed by atoms with Crippen LogP contribution >= 0.6 is 0 Å². The third-order valence-electron chi connectivity index (χ3n) is 4.60. The Hall–Kier alpha value is -2.53. The van der Waals surface area contributed by atoms with Crippen LogP contribution in [-0.2, 0) is 0 Å². The van der Waals surface area contributed by atoms with Gasteiger partial charge < -0.3 is 10.2 Å². The molecule has 1 aromatic heterocycles. The molecule has 3 aromatic rings. The number of rotatable bonds is 2. The summed E-state index contributed by atoms with van der Waals surface area (Å²) in [6, 6.07) is 13.1. The van der Waals surface area contributed by atoms with Gasteiger partial charge in [0.05, 0.1) is 6.20 Å². The van der Waals surface area contributed by atoms with E-state index in [1.807, 2.05) is 24.3 Å². The van der Waals surface area contributed by atoms with Crippen molar-refractivity contribution in [3.63, 3.8) is 0 Å². The Morgan fingerprint density at radius 2 is 2.00 bits per heavy atom. The lowest BCUT2D eigenvalue weighted by molar-refractivity contribution is 0.497. The van der Waals surface area contributed by atoms with Gasteiger partial charge in [-0.25, -0.2) is 4.39 Å². The van der Waals surface area contributed by atoms with Crippen LogP contribution in [-0.4, -0.2) is 35.9 Å². The number of hydrogen-bond acceptors (Lipinski definition) is 4. The van der Waals surface area contributed by atoms with Crippen LogP contribution in [0, 0.1) is 5.82 Å². The van der Waals surface area contributed by atoms with Crippen LogP contribution in [0.5, 0.6) is 0 Å². The van der Waals surface area contributed by atoms with E-state index in [2.05, 4.69) is 33.4 Å². The van der Waals surface area contributed by atoms with E-state index >= 15 is 0 Å². The van der Waals surface area contributed by atoms with Crippen molar-refractivity contribution in [2.75, 3.05) is 24.5 Å². The summed E-state index contributed by atoms with van der Waals surface area (Å²) in [6.07, 6.45) is 1.79. The van der Waals surface area contributed by atoms with Gasteiger partial charge in [0.1, 0.15) is 5.82 Å². The number of aromatic nitrogens is 2. The third-order valence-corrected chi connectivity index (χ3v) is 4.60. The molecule has 5 heteroatoms. The molecule has 4 nitrogen and oxygen atoms in total. The third kappa shape index (κ3) is 2.61. The van der Waals surface area contributed by atoms with Gasteiger partial charge in [-0.15, -0.1) is 5.10 Å². The summed E-state index contributed by atoms with van der Waals surface area (Å²) in [6.45, 7) is 4.94. The SMILES string of the molecule is CC1CNCCN1c1nncc2cccc(-c3ccc(F)cc3)c12. The van der Waals surface area contributed by atoms with Crippen LogP contribution in [0.15, 0.2) is 48.7 Å². The highest BCUT2D eigenvalue weighted by Crippen LogP contribution is 2.34. The normalized spacial score (nSPS) is 18.1. The minimum atomic E-state index is -0.227. The fourth-order valence-corrected chi connectivity index (χ4v) is 3.35. The van der Waals surface area contributed by atoms with E-state index in [0.29, 0.717) is 6.04 Å². The molecule has 0 bridgehead atoms. The topological polar surface area (TPSA) is 41.0 Å². The summed E-state index contributed by atoms with van der Waals surface area (Å²) >= 11 is 0. The Kier molecular flexibility index (Phi) is 3.86. The molecule has 1 fully saturated rings. The minimum Gasteiger partial charge on any atom is -0.349 e. The molecule has 0 amide bonds. The lowest BCUT2D eigenvalue weighted by Crippen LogP contribution is -2.50. The summed E-state index contributed by atoms with van der Waals surface area (Å²) in [7, 11) is 0. The lowest BCUT2D eigenvalue weighted by atomic mass is 9.99. The first kappa shape index (κ1) is 15.0. The molecule has 0 aliphatic carbocycles. The molecule has 2 aromatic carbocycles. The first-order valence-electron chi connectivity index (χ1n) is 8.22. The predicted molar refractivity (Wildman–Crippen MR) is 94.6 cm³/mol. The maximum Gasteiger partial charge on any atom is 0.160 e. The van der Waals surface area contributed by atoms with E-state index in [-0.39, 0.29) is 5.82 Å². The second-order valence-corrected chi connectivity index (χ2v) is 6.19. The second kappa shape index (κ2) is 6.17. The summed E-state index contributed by atoms with van der Waals surface area (Å²) < 4.78 is 13.3. The molecule has 122 valence electrons. The molecule has 1 atom stereocenters.